The summed E-state index contributed by atoms with van der Waals surface area (Å²) in [5.41, 5.74) is -6.58. The van der Waals surface area contributed by atoms with E-state index in [-0.39, 0.29) is 17.2 Å². The minimum atomic E-state index is -4.62. The molecule has 0 aliphatic carbocycles. The Morgan fingerprint density at radius 3 is 1.19 bits per heavy atom. The SMILES string of the molecule is [2H]C([2H])(O[P@@](=O)(C[C@@H](C)C(=O)OC(C)C)Oc1ccccc1)[C@H]1O[C@@H](n2cc(F)c(=O)[nH]c2=O)C(Cl)(C#CCl)[C@H]1O.[2H]C([2H])(O[P@@](=O)(C[C@@H](C)C(=O)OC(C)C)Oc1ccccc1)[C@H]1O[C@@H](n2cnc(=O)[nH]c2=O)C(Cl)(C#CCl)[C@H]1O.[2H]C([2H])(O[P@@](=O)(C[C@@H](C)C(=O)OC(C)C)Oc1ccccc1)[C@H]1O[C@@H](n2ncc(=O)[nH]c2=O)C(Cl)(C#CCl)[C@H]1O. The number of carbonyl (C=O) groups is 3. The lowest BCUT2D eigenvalue weighted by atomic mass is 9.99. The fourth-order valence-corrected chi connectivity index (χ4v) is 17.0. The zero-order chi connectivity index (χ0) is 90.5. The number of benzene rings is 3. The number of halogens is 7. The zero-order valence-electron chi connectivity index (χ0n) is 67.5. The number of hydrogen-bond donors (Lipinski definition) is 6. The number of hydrogen-bond acceptors (Lipinski definition) is 29. The third-order valence-electron chi connectivity index (χ3n) is 15.6. The number of aromatic nitrogens is 8. The average Bonchev–Trinajstić information content (AvgIpc) is 1.59. The van der Waals surface area contributed by atoms with Crippen LogP contribution >= 0.6 is 92.4 Å². The van der Waals surface area contributed by atoms with Crippen molar-refractivity contribution in [2.45, 2.75) is 151 Å². The van der Waals surface area contributed by atoms with Crippen LogP contribution in [0, 0.1) is 57.5 Å². The summed E-state index contributed by atoms with van der Waals surface area (Å²) in [6.07, 6.45) is -19.4. The van der Waals surface area contributed by atoms with Gasteiger partial charge in [0.05, 0.1) is 88.6 Å². The molecule has 115 heavy (non-hydrogen) atoms. The van der Waals surface area contributed by atoms with E-state index in [9.17, 15) is 76.6 Å². The molecular weight excluding hydrogens is 1710 g/mol. The number of rotatable bonds is 30. The number of aliphatic hydroxyl groups excluding tert-OH is 3. The van der Waals surface area contributed by atoms with E-state index in [2.05, 4.69) is 27.8 Å². The standard InChI is InChI=1S/C24H26Cl2FN2O9P.2C23H26Cl2N3O9P/c1-14(2)36-21(32)15(3)13-39(34,38-16-7-5-4-6-8-16)35-12-18-19(30)24(26,9-10-25)22(37-18)29-11-17(27)20(31)28-23(29)33;1-14(2)35-20(31)15(3)13-38(33,37-16-7-5-4-6-8-16)34-12-17-19(30)23(25,9-10-24)21(36-17)28-22(32)27-18(29)11-26-28;1-14(2)35-19(30)15(3)12-38(33,37-16-7-5-4-6-8-16)34-11-17-18(29)23(25,9-10-24)20(36-17)28-13-26-21(31)27-22(28)32/h4-8,11,14-15,18-19,22,30H,12-13H2,1-3H3,(H,28,31,33);4-8,11,14-15,17,19,21,30H,12-13H2,1-3H3,(H,27,29,32);4-8,13-15,17-18,20,29H,11-12H2,1-3H3,(H,27,31,32)/t15-,18-,19+,22-,24?,39+;15-,17-,19+,21-,23?,38+;15-,17-,18+,20-,23?,38+/m111/s1/i2*12D2;11D2. The molecule has 3 aliphatic heterocycles. The quantitative estimate of drug-likeness (QED) is 0.00836. The molecule has 3 aliphatic rings. The molecule has 6 heterocycles. The Bertz CT molecular complexity index is 5220. The molecule has 624 valence electrons. The van der Waals surface area contributed by atoms with E-state index in [0.29, 0.717) is 20.0 Å². The second-order valence-electron chi connectivity index (χ2n) is 25.8. The lowest BCUT2D eigenvalue weighted by Gasteiger charge is -2.25. The topological polar surface area (TPSA) is 464 Å². The van der Waals surface area contributed by atoms with E-state index in [1.807, 2.05) is 26.1 Å². The van der Waals surface area contributed by atoms with Crippen LogP contribution in [-0.2, 0) is 70.1 Å². The van der Waals surface area contributed by atoms with E-state index in [0.717, 1.165) is 12.5 Å². The van der Waals surface area contributed by atoms with E-state index in [1.165, 1.54) is 57.2 Å². The summed E-state index contributed by atoms with van der Waals surface area (Å²) >= 11 is 36.0. The Hall–Kier alpha value is -7.95. The molecule has 6 aromatic rings. The first-order valence-corrected chi connectivity index (χ1v) is 41.3. The van der Waals surface area contributed by atoms with Gasteiger partial charge in [-0.15, -0.1) is 0 Å². The normalized spacial score (nSPS) is 26.2. The molecule has 0 spiro atoms. The molecule has 9 rings (SSSR count). The number of aliphatic hydroxyl groups is 3. The summed E-state index contributed by atoms with van der Waals surface area (Å²) in [4.78, 5) is 111. The van der Waals surface area contributed by atoms with E-state index in [1.54, 1.807) is 101 Å². The first kappa shape index (κ1) is 84.9. The van der Waals surface area contributed by atoms with Crippen molar-refractivity contribution in [2.24, 2.45) is 17.8 Å². The Morgan fingerprint density at radius 2 is 0.861 bits per heavy atom. The Morgan fingerprint density at radius 1 is 0.530 bits per heavy atom. The second kappa shape index (κ2) is 41.4. The van der Waals surface area contributed by atoms with Crippen LogP contribution in [0.25, 0.3) is 0 Å². The highest BCUT2D eigenvalue weighted by molar-refractivity contribution is 7.55. The van der Waals surface area contributed by atoms with Crippen LogP contribution in [0.15, 0.2) is 138 Å². The van der Waals surface area contributed by atoms with Crippen LogP contribution in [0.1, 0.15) is 89.2 Å². The molecule has 0 radical (unpaired) electrons. The van der Waals surface area contributed by atoms with Crippen molar-refractivity contribution in [1.29, 1.82) is 0 Å². The van der Waals surface area contributed by atoms with Gasteiger partial charge < -0.3 is 57.3 Å². The van der Waals surface area contributed by atoms with Gasteiger partial charge in [-0.2, -0.15) is 19.2 Å². The van der Waals surface area contributed by atoms with Crippen molar-refractivity contribution in [3.8, 4) is 51.1 Å². The molecule has 45 heteroatoms. The van der Waals surface area contributed by atoms with Gasteiger partial charge in [0.1, 0.15) is 66.4 Å². The van der Waals surface area contributed by atoms with E-state index >= 15 is 0 Å². The second-order valence-corrected chi connectivity index (χ2v) is 34.1. The highest BCUT2D eigenvalue weighted by Gasteiger charge is 2.60. The van der Waals surface area contributed by atoms with Gasteiger partial charge in [-0.05, 0) is 113 Å². The Kier molecular flexibility index (Phi) is 30.6. The van der Waals surface area contributed by atoms with E-state index < -0.39 is 225 Å². The lowest BCUT2D eigenvalue weighted by Crippen LogP contribution is -2.45. The first-order chi connectivity index (χ1) is 56.3. The maximum Gasteiger partial charge on any atom is 0.380 e. The smallest absolute Gasteiger partial charge is 0.380 e. The molecule has 3 aromatic heterocycles. The maximum absolute atomic E-state index is 14.1. The monoisotopic (exact) mass is 1790 g/mol. The summed E-state index contributed by atoms with van der Waals surface area (Å²) in [5.74, 6) is -0.0209. The molecule has 0 bridgehead atoms. The molecule has 0 amide bonds. The van der Waals surface area contributed by atoms with E-state index in [4.69, 9.17) is 133 Å². The number of ether oxygens (including phenoxy) is 6. The Balaban J connectivity index is 0.000000250. The summed E-state index contributed by atoms with van der Waals surface area (Å²) in [7, 11) is -13.7. The lowest BCUT2D eigenvalue weighted by molar-refractivity contribution is -0.152. The third-order valence-corrected chi connectivity index (χ3v) is 23.0. The average molecular weight is 1790 g/mol. The van der Waals surface area contributed by atoms with Crippen LogP contribution in [0.5, 0.6) is 17.2 Å². The van der Waals surface area contributed by atoms with Gasteiger partial charge in [0.25, 0.3) is 11.1 Å². The highest BCUT2D eigenvalue weighted by Crippen LogP contribution is 2.55. The van der Waals surface area contributed by atoms with Gasteiger partial charge in [0.15, 0.2) is 33.3 Å². The largest absolute Gasteiger partial charge is 0.463 e. The van der Waals surface area contributed by atoms with Crippen molar-refractivity contribution >= 4 is 110 Å². The molecule has 3 saturated heterocycles. The summed E-state index contributed by atoms with van der Waals surface area (Å²) in [6.45, 7) is 4.41. The number of carbonyl (C=O) groups excluding carboxylic acids is 3. The van der Waals surface area contributed by atoms with Gasteiger partial charge in [0.2, 0.25) is 5.82 Å². The number of H-pyrrole nitrogens is 3. The zero-order valence-corrected chi connectivity index (χ0v) is 68.8. The minimum Gasteiger partial charge on any atom is -0.463 e. The molecule has 3 unspecified atom stereocenters. The minimum absolute atomic E-state index is 0.0109. The van der Waals surface area contributed by atoms with Gasteiger partial charge in [-0.1, -0.05) is 128 Å². The van der Waals surface area contributed by atoms with Gasteiger partial charge >= 0.3 is 63.5 Å². The van der Waals surface area contributed by atoms with Crippen LogP contribution < -0.4 is 47.4 Å². The fourth-order valence-electron chi connectivity index (χ4n) is 10.3. The van der Waals surface area contributed by atoms with Gasteiger partial charge in [-0.3, -0.25) is 61.6 Å². The van der Waals surface area contributed by atoms with Crippen LogP contribution in [0.4, 0.5) is 4.39 Å². The molecule has 3 aromatic carbocycles. The predicted molar refractivity (Wildman–Crippen MR) is 414 cm³/mol. The van der Waals surface area contributed by atoms with Crippen LogP contribution in [0.3, 0.4) is 0 Å². The molecular formula is C70H78Cl6FN8O27P3. The van der Waals surface area contributed by atoms with Gasteiger partial charge in [-0.25, -0.2) is 32.9 Å². The number of esters is 3. The summed E-state index contributed by atoms with van der Waals surface area (Å²) in [6, 6.07) is 22.9. The molecule has 18 atom stereocenters. The van der Waals surface area contributed by atoms with Crippen molar-refractivity contribution in [3.05, 3.63) is 178 Å². The van der Waals surface area contributed by atoms with Gasteiger partial charge in [0, 0.05) is 16.1 Å². The van der Waals surface area contributed by atoms with Crippen molar-refractivity contribution < 1.29 is 112 Å². The third kappa shape index (κ3) is 25.1. The summed E-state index contributed by atoms with van der Waals surface area (Å²) < 4.78 is 174. The number of nitrogens with zero attached hydrogens (tertiary/aromatic N) is 5. The highest BCUT2D eigenvalue weighted by atomic mass is 35.5. The van der Waals surface area contributed by atoms with Crippen LogP contribution in [0.2, 0.25) is 0 Å². The maximum atomic E-state index is 14.1. The van der Waals surface area contributed by atoms with Crippen molar-refractivity contribution in [3.63, 3.8) is 0 Å². The number of para-hydroxylation sites is 3. The fraction of sp³-hybridized carbons (Fsp3) is 0.471. The number of nitrogens with one attached hydrogen (secondary N) is 3. The van der Waals surface area contributed by atoms with Crippen molar-refractivity contribution in [1.82, 2.24) is 38.9 Å². The molecule has 0 saturated carbocycles. The molecule has 6 N–H and O–H groups in total. The van der Waals surface area contributed by atoms with Crippen LogP contribution in [-0.4, -0.2) is 180 Å². The first-order valence-electron chi connectivity index (χ1n) is 36.8. The Labute approximate surface area is 692 Å². The molecule has 3 fully saturated rings. The molecule has 35 nitrogen and oxygen atoms in total. The number of alkyl halides is 3. The predicted octanol–water partition coefficient (Wildman–Crippen LogP) is 7.47. The van der Waals surface area contributed by atoms with Crippen molar-refractivity contribution in [2.75, 3.05) is 38.2 Å². The summed E-state index contributed by atoms with van der Waals surface area (Å²) in [5, 5.41) is 42.6. The number of aromatic amines is 3.